The summed E-state index contributed by atoms with van der Waals surface area (Å²) in [5.41, 5.74) is 4.86. The van der Waals surface area contributed by atoms with E-state index in [1.165, 1.54) is 10.7 Å². The number of nitrogens with one attached hydrogen (secondary N) is 1. The smallest absolute Gasteiger partial charge is 0.303 e. The first-order chi connectivity index (χ1) is 17.0. The van der Waals surface area contributed by atoms with Crippen molar-refractivity contribution in [1.82, 2.24) is 29.3 Å². The molecule has 2 aromatic carbocycles. The Balaban J connectivity index is 1.51. The maximum absolute atomic E-state index is 12.7. The Kier molecular flexibility index (Phi) is 5.44. The molecule has 0 atom stereocenters. The second-order valence-electron chi connectivity index (χ2n) is 8.41. The molecule has 5 aromatic rings. The fourth-order valence-corrected chi connectivity index (χ4v) is 4.06. The van der Waals surface area contributed by atoms with Gasteiger partial charge in [0.05, 0.1) is 18.4 Å². The van der Waals surface area contributed by atoms with Gasteiger partial charge in [-0.05, 0) is 29.2 Å². The van der Waals surface area contributed by atoms with E-state index in [9.17, 15) is 10.1 Å². The first-order valence-electron chi connectivity index (χ1n) is 11.0. The van der Waals surface area contributed by atoms with Gasteiger partial charge in [-0.1, -0.05) is 50.2 Å². The molecule has 1 N–H and O–H groups in total. The minimum atomic E-state index is -0.273. The molecule has 0 spiro atoms. The number of imidazole rings is 1. The van der Waals surface area contributed by atoms with Crippen molar-refractivity contribution < 1.29 is 0 Å². The number of rotatable bonds is 5. The zero-order valence-corrected chi connectivity index (χ0v) is 19.1. The molecule has 0 aliphatic heterocycles. The van der Waals surface area contributed by atoms with E-state index in [4.69, 9.17) is 10.2 Å². The summed E-state index contributed by atoms with van der Waals surface area (Å²) in [5.74, 6) is 0.874. The van der Waals surface area contributed by atoms with Gasteiger partial charge in [0.15, 0.2) is 17.2 Å². The predicted molar refractivity (Wildman–Crippen MR) is 130 cm³/mol. The zero-order valence-electron chi connectivity index (χ0n) is 19.1. The van der Waals surface area contributed by atoms with Crippen molar-refractivity contribution >= 4 is 11.2 Å². The monoisotopic (exact) mass is 460 g/mol. The highest BCUT2D eigenvalue weighted by Crippen LogP contribution is 2.27. The average molecular weight is 461 g/mol. The van der Waals surface area contributed by atoms with Crippen molar-refractivity contribution in [2.45, 2.75) is 26.3 Å². The van der Waals surface area contributed by atoms with E-state index < -0.39 is 0 Å². The van der Waals surface area contributed by atoms with Gasteiger partial charge in [0.25, 0.3) is 0 Å². The Bertz CT molecular complexity index is 1690. The summed E-state index contributed by atoms with van der Waals surface area (Å²) in [4.78, 5) is 24.8. The lowest BCUT2D eigenvalue weighted by Crippen LogP contribution is -2.18. The van der Waals surface area contributed by atoms with Crippen LogP contribution in [-0.4, -0.2) is 29.3 Å². The summed E-state index contributed by atoms with van der Waals surface area (Å²) in [5, 5.41) is 22.5. The van der Waals surface area contributed by atoms with E-state index in [2.05, 4.69) is 35.0 Å². The van der Waals surface area contributed by atoms with Gasteiger partial charge >= 0.3 is 5.69 Å². The number of nitrogens with zero attached hydrogens (tertiary/aromatic N) is 7. The maximum Gasteiger partial charge on any atom is 0.328 e. The quantitative estimate of drug-likeness (QED) is 0.424. The van der Waals surface area contributed by atoms with Gasteiger partial charge < -0.3 is 4.98 Å². The fourth-order valence-electron chi connectivity index (χ4n) is 4.06. The largest absolute Gasteiger partial charge is 0.328 e. The van der Waals surface area contributed by atoms with Gasteiger partial charge in [-0.25, -0.2) is 19.4 Å². The molecule has 170 valence electrons. The zero-order chi connectivity index (χ0) is 24.5. The van der Waals surface area contributed by atoms with Gasteiger partial charge in [-0.2, -0.15) is 15.6 Å². The highest BCUT2D eigenvalue weighted by atomic mass is 16.1. The topological polar surface area (TPSA) is 129 Å². The number of H-pyrrole nitrogens is 1. The first kappa shape index (κ1) is 21.8. The molecule has 3 heterocycles. The molecule has 9 nitrogen and oxygen atoms in total. The molecule has 0 radical (unpaired) electrons. The van der Waals surface area contributed by atoms with Gasteiger partial charge in [-0.3, -0.25) is 4.57 Å². The highest BCUT2D eigenvalue weighted by molar-refractivity contribution is 5.73. The standard InChI is InChI=1S/C26H20N8O/c1-16(2)21-5-3-4-6-22(21)24-29-14-23-25(31-24)33(26(35)30-23)15-17-7-9-19(10-8-17)34-20(13-28)11-18(12-27)32-34/h3-11,14,16H,15H2,1-2H3,(H,30,35). The molecular weight excluding hydrogens is 440 g/mol. The van der Waals surface area contributed by atoms with Crippen LogP contribution in [0.1, 0.15) is 42.3 Å². The van der Waals surface area contributed by atoms with E-state index in [0.717, 1.165) is 16.7 Å². The summed E-state index contributed by atoms with van der Waals surface area (Å²) in [6.45, 7) is 4.55. The summed E-state index contributed by atoms with van der Waals surface area (Å²) < 4.78 is 3.00. The molecule has 0 saturated heterocycles. The summed E-state index contributed by atoms with van der Waals surface area (Å²) >= 11 is 0. The van der Waals surface area contributed by atoms with Crippen LogP contribution in [0.15, 0.2) is 65.6 Å². The Morgan fingerprint density at radius 1 is 1.06 bits per heavy atom. The lowest BCUT2D eigenvalue weighted by Gasteiger charge is -2.11. The van der Waals surface area contributed by atoms with Crippen molar-refractivity contribution in [3.05, 3.63) is 93.8 Å². The third-order valence-electron chi connectivity index (χ3n) is 5.79. The number of aromatic nitrogens is 6. The lowest BCUT2D eigenvalue weighted by atomic mass is 9.97. The molecule has 0 aliphatic carbocycles. The molecule has 3 aromatic heterocycles. The van der Waals surface area contributed by atoms with Crippen molar-refractivity contribution in [2.75, 3.05) is 0 Å². The molecule has 0 unspecified atom stereocenters. The third-order valence-corrected chi connectivity index (χ3v) is 5.79. The maximum atomic E-state index is 12.7. The average Bonchev–Trinajstić information content (AvgIpc) is 3.44. The molecule has 0 amide bonds. The van der Waals surface area contributed by atoms with Crippen LogP contribution in [0.3, 0.4) is 0 Å². The Morgan fingerprint density at radius 2 is 1.83 bits per heavy atom. The summed E-state index contributed by atoms with van der Waals surface area (Å²) in [6, 6.07) is 20.7. The SMILES string of the molecule is CC(C)c1ccccc1-c1ncc2[nH]c(=O)n(Cc3ccc(-n4nc(C#N)cc4C#N)cc3)c2n1. The van der Waals surface area contributed by atoms with Crippen LogP contribution in [0.4, 0.5) is 0 Å². The molecule has 0 fully saturated rings. The molecule has 35 heavy (non-hydrogen) atoms. The van der Waals surface area contributed by atoms with Crippen LogP contribution >= 0.6 is 0 Å². The van der Waals surface area contributed by atoms with Crippen molar-refractivity contribution in [2.24, 2.45) is 0 Å². The molecule has 0 bridgehead atoms. The normalized spacial score (nSPS) is 11.0. The van der Waals surface area contributed by atoms with Crippen LogP contribution in [0.25, 0.3) is 28.2 Å². The Hall–Kier alpha value is -5.02. The minimum Gasteiger partial charge on any atom is -0.303 e. The number of aromatic amines is 1. The molecule has 0 saturated carbocycles. The lowest BCUT2D eigenvalue weighted by molar-refractivity contribution is 0.776. The van der Waals surface area contributed by atoms with Crippen LogP contribution < -0.4 is 5.69 Å². The van der Waals surface area contributed by atoms with E-state index in [0.29, 0.717) is 35.1 Å². The number of nitriles is 2. The second kappa shape index (κ2) is 8.73. The molecular formula is C26H20N8O. The summed E-state index contributed by atoms with van der Waals surface area (Å²) in [7, 11) is 0. The van der Waals surface area contributed by atoms with Gasteiger partial charge in [0.2, 0.25) is 0 Å². The Labute approximate surface area is 200 Å². The van der Waals surface area contributed by atoms with Crippen LogP contribution in [0.5, 0.6) is 0 Å². The predicted octanol–water partition coefficient (Wildman–Crippen LogP) is 3.89. The van der Waals surface area contributed by atoms with Crippen LogP contribution in [0.2, 0.25) is 0 Å². The van der Waals surface area contributed by atoms with Crippen LogP contribution in [0, 0.1) is 22.7 Å². The minimum absolute atomic E-state index is 0.172. The van der Waals surface area contributed by atoms with E-state index in [-0.39, 0.29) is 17.1 Å². The molecule has 9 heteroatoms. The van der Waals surface area contributed by atoms with E-state index in [1.54, 1.807) is 22.9 Å². The molecule has 0 aliphatic rings. The van der Waals surface area contributed by atoms with E-state index in [1.807, 2.05) is 42.5 Å². The van der Waals surface area contributed by atoms with Crippen molar-refractivity contribution in [1.29, 1.82) is 10.5 Å². The number of benzene rings is 2. The second-order valence-corrected chi connectivity index (χ2v) is 8.41. The van der Waals surface area contributed by atoms with Gasteiger partial charge in [0, 0.05) is 11.6 Å². The molecule has 5 rings (SSSR count). The third kappa shape index (κ3) is 3.96. The fraction of sp³-hybridized carbons (Fsp3) is 0.154. The number of hydrogen-bond donors (Lipinski definition) is 1. The first-order valence-corrected chi connectivity index (χ1v) is 11.0. The van der Waals surface area contributed by atoms with Crippen molar-refractivity contribution in [3.63, 3.8) is 0 Å². The number of fused-ring (bicyclic) bond motifs is 1. The Morgan fingerprint density at radius 3 is 2.54 bits per heavy atom. The number of hydrogen-bond acceptors (Lipinski definition) is 6. The highest BCUT2D eigenvalue weighted by Gasteiger charge is 2.15. The van der Waals surface area contributed by atoms with E-state index >= 15 is 0 Å². The van der Waals surface area contributed by atoms with Crippen LogP contribution in [-0.2, 0) is 6.54 Å². The van der Waals surface area contributed by atoms with Gasteiger partial charge in [0.1, 0.15) is 23.3 Å². The summed E-state index contributed by atoms with van der Waals surface area (Å²) in [6.07, 6.45) is 1.64. The van der Waals surface area contributed by atoms with Crippen molar-refractivity contribution in [3.8, 4) is 29.2 Å². The van der Waals surface area contributed by atoms with Gasteiger partial charge in [-0.15, -0.1) is 0 Å².